The Kier molecular flexibility index (Phi) is 5.58. The number of hydrogen-bond acceptors (Lipinski definition) is 4. The van der Waals surface area contributed by atoms with Crippen molar-refractivity contribution >= 4 is 50.7 Å². The standard InChI is InChI=1S/C26H24ClN3O2/c27-15-17-16-30(24-14-18(31)11-12-19(17)24)25(32)10-5-13-28-26-20-6-1-3-8-22(20)29-23-9-4-2-7-21(23)26/h1-4,6-9,11-12,14,17,31H,5,10,13,15-16H2,(H,28,29). The summed E-state index contributed by atoms with van der Waals surface area (Å²) in [6.45, 7) is 1.23. The molecule has 0 saturated carbocycles. The molecule has 2 heterocycles. The lowest BCUT2D eigenvalue weighted by Crippen LogP contribution is -2.30. The SMILES string of the molecule is O=C(CCCNc1c2ccccc2nc2ccccc12)N1CC(CCl)c2ccc(O)cc21. The third-order valence-electron chi connectivity index (χ3n) is 6.09. The van der Waals surface area contributed by atoms with Crippen LogP contribution in [0.25, 0.3) is 21.8 Å². The zero-order valence-electron chi connectivity index (χ0n) is 17.6. The highest BCUT2D eigenvalue weighted by Crippen LogP contribution is 2.39. The van der Waals surface area contributed by atoms with Gasteiger partial charge in [0.05, 0.1) is 22.4 Å². The minimum atomic E-state index is 0.0516. The number of nitrogens with zero attached hydrogens (tertiary/aromatic N) is 2. The fourth-order valence-corrected chi connectivity index (χ4v) is 4.78. The molecular weight excluding hydrogens is 422 g/mol. The van der Waals surface area contributed by atoms with Crippen LogP contribution in [0.4, 0.5) is 11.4 Å². The number of halogens is 1. The summed E-state index contributed by atoms with van der Waals surface area (Å²) in [7, 11) is 0. The second-order valence-corrected chi connectivity index (χ2v) is 8.46. The fourth-order valence-electron chi connectivity index (χ4n) is 4.51. The van der Waals surface area contributed by atoms with Gasteiger partial charge in [-0.15, -0.1) is 11.6 Å². The van der Waals surface area contributed by atoms with Gasteiger partial charge in [-0.1, -0.05) is 42.5 Å². The molecule has 1 aromatic heterocycles. The summed E-state index contributed by atoms with van der Waals surface area (Å²) in [5.74, 6) is 0.764. The first kappa shape index (κ1) is 20.6. The molecule has 0 saturated heterocycles. The fraction of sp³-hybridized carbons (Fsp3) is 0.231. The van der Waals surface area contributed by atoms with Crippen molar-refractivity contribution in [1.29, 1.82) is 0 Å². The van der Waals surface area contributed by atoms with Gasteiger partial charge in [-0.2, -0.15) is 0 Å². The predicted octanol–water partition coefficient (Wildman–Crippen LogP) is 5.65. The number of phenols is 1. The van der Waals surface area contributed by atoms with Crippen molar-refractivity contribution in [3.05, 3.63) is 72.3 Å². The highest BCUT2D eigenvalue weighted by molar-refractivity contribution is 6.18. The second-order valence-electron chi connectivity index (χ2n) is 8.15. The number of anilines is 2. The Labute approximate surface area is 191 Å². The Morgan fingerprint density at radius 2 is 1.75 bits per heavy atom. The number of amides is 1. The van der Waals surface area contributed by atoms with Crippen molar-refractivity contribution in [2.24, 2.45) is 0 Å². The molecule has 32 heavy (non-hydrogen) atoms. The van der Waals surface area contributed by atoms with Crippen molar-refractivity contribution in [1.82, 2.24) is 4.98 Å². The number of aromatic nitrogens is 1. The molecular formula is C26H24ClN3O2. The number of fused-ring (bicyclic) bond motifs is 3. The van der Waals surface area contributed by atoms with E-state index in [1.54, 1.807) is 17.0 Å². The third-order valence-corrected chi connectivity index (χ3v) is 6.46. The van der Waals surface area contributed by atoms with Crippen LogP contribution >= 0.6 is 11.6 Å². The van der Waals surface area contributed by atoms with Gasteiger partial charge in [0.2, 0.25) is 5.91 Å². The summed E-state index contributed by atoms with van der Waals surface area (Å²) in [5.41, 5.74) is 4.76. The second kappa shape index (κ2) is 8.67. The molecule has 1 aliphatic rings. The predicted molar refractivity (Wildman–Crippen MR) is 131 cm³/mol. The number of benzene rings is 3. The van der Waals surface area contributed by atoms with E-state index in [9.17, 15) is 9.90 Å². The summed E-state index contributed by atoms with van der Waals surface area (Å²) in [5, 5.41) is 15.6. The van der Waals surface area contributed by atoms with Crippen molar-refractivity contribution in [2.45, 2.75) is 18.8 Å². The molecule has 6 heteroatoms. The maximum Gasteiger partial charge on any atom is 0.227 e. The number of pyridine rings is 1. The number of rotatable bonds is 6. The minimum absolute atomic E-state index is 0.0516. The lowest BCUT2D eigenvalue weighted by atomic mass is 10.0. The van der Waals surface area contributed by atoms with Crippen LogP contribution in [0, 0.1) is 0 Å². The van der Waals surface area contributed by atoms with E-state index in [1.807, 2.05) is 42.5 Å². The molecule has 1 amide bonds. The van der Waals surface area contributed by atoms with Crippen LogP contribution in [0.5, 0.6) is 5.75 Å². The van der Waals surface area contributed by atoms with E-state index in [2.05, 4.69) is 17.4 Å². The van der Waals surface area contributed by atoms with Gasteiger partial charge in [0.1, 0.15) is 5.75 Å². The molecule has 3 aromatic carbocycles. The van der Waals surface area contributed by atoms with E-state index in [-0.39, 0.29) is 17.6 Å². The first-order valence-electron chi connectivity index (χ1n) is 10.9. The smallest absolute Gasteiger partial charge is 0.227 e. The molecule has 1 atom stereocenters. The molecule has 0 spiro atoms. The molecule has 162 valence electrons. The number of aromatic hydroxyl groups is 1. The average molecular weight is 446 g/mol. The van der Waals surface area contributed by atoms with Crippen LogP contribution in [-0.2, 0) is 4.79 Å². The van der Waals surface area contributed by atoms with Gasteiger partial charge < -0.3 is 15.3 Å². The van der Waals surface area contributed by atoms with Gasteiger partial charge >= 0.3 is 0 Å². The first-order chi connectivity index (χ1) is 15.7. The van der Waals surface area contributed by atoms with Gasteiger partial charge in [0, 0.05) is 48.1 Å². The zero-order valence-corrected chi connectivity index (χ0v) is 18.3. The molecule has 0 aliphatic carbocycles. The molecule has 0 radical (unpaired) electrons. The summed E-state index contributed by atoms with van der Waals surface area (Å²) >= 11 is 6.12. The summed E-state index contributed by atoms with van der Waals surface area (Å²) in [6, 6.07) is 21.4. The molecule has 0 fully saturated rings. The van der Waals surface area contributed by atoms with E-state index >= 15 is 0 Å². The lowest BCUT2D eigenvalue weighted by Gasteiger charge is -2.18. The highest BCUT2D eigenvalue weighted by atomic mass is 35.5. The largest absolute Gasteiger partial charge is 0.508 e. The Morgan fingerprint density at radius 1 is 1.06 bits per heavy atom. The van der Waals surface area contributed by atoms with E-state index in [0.717, 1.165) is 38.7 Å². The Hall–Kier alpha value is -3.31. The van der Waals surface area contributed by atoms with E-state index in [4.69, 9.17) is 16.6 Å². The van der Waals surface area contributed by atoms with Crippen LogP contribution < -0.4 is 10.2 Å². The molecule has 1 unspecified atom stereocenters. The van der Waals surface area contributed by atoms with Gasteiger partial charge in [0.25, 0.3) is 0 Å². The number of carbonyl (C=O) groups excluding carboxylic acids is 1. The maximum atomic E-state index is 13.0. The van der Waals surface area contributed by atoms with Gasteiger partial charge in [-0.3, -0.25) is 4.79 Å². The zero-order chi connectivity index (χ0) is 22.1. The van der Waals surface area contributed by atoms with Crippen molar-refractivity contribution in [3.63, 3.8) is 0 Å². The van der Waals surface area contributed by atoms with Crippen LogP contribution in [0.2, 0.25) is 0 Å². The molecule has 5 nitrogen and oxygen atoms in total. The number of para-hydroxylation sites is 2. The summed E-state index contributed by atoms with van der Waals surface area (Å²) < 4.78 is 0. The topological polar surface area (TPSA) is 65.5 Å². The molecule has 5 rings (SSSR count). The van der Waals surface area contributed by atoms with Crippen LogP contribution in [0.15, 0.2) is 66.7 Å². The quantitative estimate of drug-likeness (QED) is 0.228. The molecule has 0 bridgehead atoms. The normalized spacial score (nSPS) is 15.3. The van der Waals surface area contributed by atoms with Crippen molar-refractivity contribution in [2.75, 3.05) is 29.2 Å². The monoisotopic (exact) mass is 445 g/mol. The Bertz CT molecular complexity index is 1250. The number of phenolic OH excluding ortho intramolecular Hbond substituents is 1. The van der Waals surface area contributed by atoms with Gasteiger partial charge in [0.15, 0.2) is 0 Å². The number of alkyl halides is 1. The number of hydrogen-bond donors (Lipinski definition) is 2. The van der Waals surface area contributed by atoms with E-state index in [0.29, 0.717) is 31.8 Å². The van der Waals surface area contributed by atoms with Gasteiger partial charge in [-0.25, -0.2) is 4.98 Å². The molecule has 2 N–H and O–H groups in total. The van der Waals surface area contributed by atoms with E-state index < -0.39 is 0 Å². The number of nitrogens with one attached hydrogen (secondary N) is 1. The number of carbonyl (C=O) groups is 1. The van der Waals surface area contributed by atoms with Crippen LogP contribution in [0.1, 0.15) is 24.3 Å². The van der Waals surface area contributed by atoms with E-state index in [1.165, 1.54) is 0 Å². The average Bonchev–Trinajstić information content (AvgIpc) is 3.18. The Morgan fingerprint density at radius 3 is 2.44 bits per heavy atom. The molecule has 4 aromatic rings. The minimum Gasteiger partial charge on any atom is -0.508 e. The van der Waals surface area contributed by atoms with Crippen molar-refractivity contribution in [3.8, 4) is 5.75 Å². The summed E-state index contributed by atoms with van der Waals surface area (Å²) in [4.78, 5) is 19.5. The summed E-state index contributed by atoms with van der Waals surface area (Å²) in [6.07, 6.45) is 1.11. The van der Waals surface area contributed by atoms with Crippen LogP contribution in [-0.4, -0.2) is 35.0 Å². The molecule has 1 aliphatic heterocycles. The highest BCUT2D eigenvalue weighted by Gasteiger charge is 2.31. The van der Waals surface area contributed by atoms with Gasteiger partial charge in [-0.05, 0) is 30.2 Å². The van der Waals surface area contributed by atoms with Crippen molar-refractivity contribution < 1.29 is 9.90 Å². The first-order valence-corrected chi connectivity index (χ1v) is 11.4. The third kappa shape index (κ3) is 3.73. The Balaban J connectivity index is 1.30. The lowest BCUT2D eigenvalue weighted by molar-refractivity contribution is -0.118. The maximum absolute atomic E-state index is 13.0. The van der Waals surface area contributed by atoms with Crippen LogP contribution in [0.3, 0.4) is 0 Å².